The van der Waals surface area contributed by atoms with Gasteiger partial charge in [0.1, 0.15) is 4.83 Å². The van der Waals surface area contributed by atoms with Crippen LogP contribution < -0.4 is 15.8 Å². The van der Waals surface area contributed by atoms with E-state index >= 15 is 0 Å². The summed E-state index contributed by atoms with van der Waals surface area (Å²) >= 11 is 1.60. The smallest absolute Gasteiger partial charge is 0.261 e. The summed E-state index contributed by atoms with van der Waals surface area (Å²) in [7, 11) is 0. The number of anilines is 1. The van der Waals surface area contributed by atoms with Crippen LogP contribution >= 0.6 is 11.3 Å². The molecule has 6 heteroatoms. The van der Waals surface area contributed by atoms with Gasteiger partial charge in [0.15, 0.2) is 0 Å². The third kappa shape index (κ3) is 1.81. The maximum absolute atomic E-state index is 12.1. The minimum absolute atomic E-state index is 0.0182. The first-order valence-electron chi connectivity index (χ1n) is 6.12. The van der Waals surface area contributed by atoms with Crippen LogP contribution in [0.2, 0.25) is 0 Å². The lowest BCUT2D eigenvalue weighted by Crippen LogP contribution is -2.44. The lowest BCUT2D eigenvalue weighted by Gasteiger charge is -2.27. The number of hydrogen-bond donors (Lipinski definition) is 2. The van der Waals surface area contributed by atoms with Gasteiger partial charge < -0.3 is 10.2 Å². The van der Waals surface area contributed by atoms with Crippen molar-refractivity contribution in [1.29, 1.82) is 0 Å². The SMILES string of the molecule is Cc1sc2nc(N3CCNCC3)[nH]c(=O)c2c1C. The molecule has 5 nitrogen and oxygen atoms in total. The van der Waals surface area contributed by atoms with Gasteiger partial charge in [-0.2, -0.15) is 0 Å². The lowest BCUT2D eigenvalue weighted by atomic mass is 10.2. The highest BCUT2D eigenvalue weighted by Gasteiger charge is 2.16. The summed E-state index contributed by atoms with van der Waals surface area (Å²) in [6.45, 7) is 7.66. The van der Waals surface area contributed by atoms with Crippen LogP contribution in [0.3, 0.4) is 0 Å². The molecule has 0 bridgehead atoms. The second-order valence-corrected chi connectivity index (χ2v) is 5.79. The van der Waals surface area contributed by atoms with Crippen LogP contribution in [0.15, 0.2) is 4.79 Å². The molecular formula is C12H16N4OS. The number of hydrogen-bond acceptors (Lipinski definition) is 5. The Balaban J connectivity index is 2.12. The molecule has 2 aromatic heterocycles. The first kappa shape index (κ1) is 11.7. The average Bonchev–Trinajstić information content (AvgIpc) is 2.66. The first-order chi connectivity index (χ1) is 8.66. The van der Waals surface area contributed by atoms with Gasteiger partial charge in [-0.15, -0.1) is 11.3 Å². The van der Waals surface area contributed by atoms with Crippen molar-refractivity contribution in [1.82, 2.24) is 15.3 Å². The van der Waals surface area contributed by atoms with E-state index in [1.165, 1.54) is 4.88 Å². The van der Waals surface area contributed by atoms with Crippen LogP contribution in [-0.4, -0.2) is 36.1 Å². The molecular weight excluding hydrogens is 248 g/mol. The van der Waals surface area contributed by atoms with Crippen LogP contribution in [-0.2, 0) is 0 Å². The topological polar surface area (TPSA) is 61.0 Å². The molecule has 2 N–H and O–H groups in total. The minimum atomic E-state index is -0.0182. The largest absolute Gasteiger partial charge is 0.340 e. The minimum Gasteiger partial charge on any atom is -0.340 e. The zero-order valence-corrected chi connectivity index (χ0v) is 11.4. The van der Waals surface area contributed by atoms with Gasteiger partial charge in [-0.25, -0.2) is 4.98 Å². The van der Waals surface area contributed by atoms with E-state index < -0.39 is 0 Å². The summed E-state index contributed by atoms with van der Waals surface area (Å²) in [5, 5.41) is 4.04. The number of aromatic amines is 1. The number of thiophene rings is 1. The molecule has 3 heterocycles. The predicted molar refractivity (Wildman–Crippen MR) is 74.8 cm³/mol. The fourth-order valence-corrected chi connectivity index (χ4v) is 3.29. The van der Waals surface area contributed by atoms with E-state index in [0.29, 0.717) is 5.95 Å². The molecule has 1 aliphatic rings. The molecule has 18 heavy (non-hydrogen) atoms. The lowest BCUT2D eigenvalue weighted by molar-refractivity contribution is 0.580. The Bertz CT molecular complexity index is 639. The number of rotatable bonds is 1. The zero-order valence-electron chi connectivity index (χ0n) is 10.5. The van der Waals surface area contributed by atoms with E-state index in [-0.39, 0.29) is 5.56 Å². The van der Waals surface area contributed by atoms with Gasteiger partial charge in [0.2, 0.25) is 5.95 Å². The zero-order chi connectivity index (χ0) is 12.7. The monoisotopic (exact) mass is 264 g/mol. The Labute approximate surface area is 109 Å². The van der Waals surface area contributed by atoms with Crippen molar-refractivity contribution in [3.05, 3.63) is 20.8 Å². The summed E-state index contributed by atoms with van der Waals surface area (Å²) in [6.07, 6.45) is 0. The molecule has 0 amide bonds. The van der Waals surface area contributed by atoms with Crippen LogP contribution in [0, 0.1) is 13.8 Å². The number of aromatic nitrogens is 2. The van der Waals surface area contributed by atoms with E-state index in [4.69, 9.17) is 0 Å². The molecule has 1 saturated heterocycles. The quantitative estimate of drug-likeness (QED) is 0.807. The maximum Gasteiger partial charge on any atom is 0.261 e. The highest BCUT2D eigenvalue weighted by atomic mass is 32.1. The molecule has 0 spiro atoms. The van der Waals surface area contributed by atoms with Gasteiger partial charge in [0.05, 0.1) is 5.39 Å². The molecule has 1 aliphatic heterocycles. The van der Waals surface area contributed by atoms with Crippen LogP contribution in [0.1, 0.15) is 10.4 Å². The number of aryl methyl sites for hydroxylation is 2. The molecule has 0 saturated carbocycles. The average molecular weight is 264 g/mol. The highest BCUT2D eigenvalue weighted by molar-refractivity contribution is 7.18. The Morgan fingerprint density at radius 3 is 2.72 bits per heavy atom. The van der Waals surface area contributed by atoms with E-state index in [0.717, 1.165) is 42.0 Å². The molecule has 0 unspecified atom stereocenters. The van der Waals surface area contributed by atoms with Gasteiger partial charge in [-0.3, -0.25) is 9.78 Å². The van der Waals surface area contributed by atoms with Gasteiger partial charge in [0, 0.05) is 31.1 Å². The van der Waals surface area contributed by atoms with Gasteiger partial charge in [0.25, 0.3) is 5.56 Å². The fraction of sp³-hybridized carbons (Fsp3) is 0.500. The standard InChI is InChI=1S/C12H16N4OS/c1-7-8(2)18-11-9(7)10(17)14-12(15-11)16-5-3-13-4-6-16/h13H,3-6H2,1-2H3,(H,14,15,17). The Morgan fingerprint density at radius 1 is 1.28 bits per heavy atom. The second kappa shape index (κ2) is 4.37. The van der Waals surface area contributed by atoms with Gasteiger partial charge in [-0.1, -0.05) is 0 Å². The summed E-state index contributed by atoms with van der Waals surface area (Å²) in [4.78, 5) is 23.8. The number of nitrogens with zero attached hydrogens (tertiary/aromatic N) is 2. The highest BCUT2D eigenvalue weighted by Crippen LogP contribution is 2.26. The molecule has 2 aromatic rings. The van der Waals surface area contributed by atoms with Crippen molar-refractivity contribution >= 4 is 27.5 Å². The molecule has 96 valence electrons. The summed E-state index contributed by atoms with van der Waals surface area (Å²) < 4.78 is 0. The predicted octanol–water partition coefficient (Wildman–Crippen LogP) is 1.01. The Morgan fingerprint density at radius 2 is 2.00 bits per heavy atom. The Hall–Kier alpha value is -1.40. The third-order valence-electron chi connectivity index (χ3n) is 3.44. The molecule has 1 fully saturated rings. The number of fused-ring (bicyclic) bond motifs is 1. The van der Waals surface area contributed by atoms with E-state index in [2.05, 4.69) is 20.2 Å². The summed E-state index contributed by atoms with van der Waals surface area (Å²) in [5.74, 6) is 0.704. The van der Waals surface area contributed by atoms with Crippen LogP contribution in [0.25, 0.3) is 10.2 Å². The van der Waals surface area contributed by atoms with Crippen molar-refractivity contribution in [2.45, 2.75) is 13.8 Å². The molecule has 0 radical (unpaired) electrons. The molecule has 0 aromatic carbocycles. The summed E-state index contributed by atoms with van der Waals surface area (Å²) in [6, 6.07) is 0. The van der Waals surface area contributed by atoms with Gasteiger partial charge in [-0.05, 0) is 19.4 Å². The molecule has 0 atom stereocenters. The second-order valence-electron chi connectivity index (χ2n) is 4.59. The van der Waals surface area contributed by atoms with E-state index in [1.807, 2.05) is 13.8 Å². The van der Waals surface area contributed by atoms with Crippen molar-refractivity contribution < 1.29 is 0 Å². The van der Waals surface area contributed by atoms with E-state index in [1.54, 1.807) is 11.3 Å². The van der Waals surface area contributed by atoms with E-state index in [9.17, 15) is 4.79 Å². The fourth-order valence-electron chi connectivity index (χ4n) is 2.27. The number of nitrogens with one attached hydrogen (secondary N) is 2. The Kier molecular flexibility index (Phi) is 2.83. The number of piperazine rings is 1. The number of H-pyrrole nitrogens is 1. The molecule has 3 rings (SSSR count). The van der Waals surface area contributed by atoms with Crippen LogP contribution in [0.5, 0.6) is 0 Å². The van der Waals surface area contributed by atoms with Gasteiger partial charge >= 0.3 is 0 Å². The normalized spacial score (nSPS) is 16.4. The molecule has 0 aliphatic carbocycles. The maximum atomic E-state index is 12.1. The van der Waals surface area contributed by atoms with Crippen molar-refractivity contribution in [3.63, 3.8) is 0 Å². The van der Waals surface area contributed by atoms with Crippen molar-refractivity contribution in [3.8, 4) is 0 Å². The van der Waals surface area contributed by atoms with Crippen molar-refractivity contribution in [2.24, 2.45) is 0 Å². The van der Waals surface area contributed by atoms with Crippen LogP contribution in [0.4, 0.5) is 5.95 Å². The van der Waals surface area contributed by atoms with Crippen molar-refractivity contribution in [2.75, 3.05) is 31.1 Å². The summed E-state index contributed by atoms with van der Waals surface area (Å²) in [5.41, 5.74) is 1.03. The third-order valence-corrected chi connectivity index (χ3v) is 4.54. The first-order valence-corrected chi connectivity index (χ1v) is 6.94.